The number of aromatic nitrogens is 4. The number of ether oxygens (including phenoxy) is 1. The van der Waals surface area contributed by atoms with Gasteiger partial charge in [0.2, 0.25) is 0 Å². The molecule has 0 aliphatic carbocycles. The average molecular weight is 406 g/mol. The Bertz CT molecular complexity index is 1080. The van der Waals surface area contributed by atoms with Gasteiger partial charge < -0.3 is 10.1 Å². The summed E-state index contributed by atoms with van der Waals surface area (Å²) >= 11 is 0. The van der Waals surface area contributed by atoms with Gasteiger partial charge in [-0.2, -0.15) is 0 Å². The lowest BCUT2D eigenvalue weighted by molar-refractivity contribution is -0.131. The van der Waals surface area contributed by atoms with E-state index in [0.717, 1.165) is 16.9 Å². The van der Waals surface area contributed by atoms with Crippen molar-refractivity contribution in [3.8, 4) is 11.4 Å². The number of amides is 3. The first-order chi connectivity index (χ1) is 14.4. The highest BCUT2D eigenvalue weighted by Crippen LogP contribution is 2.30. The number of tetrazole rings is 1. The number of hydrogen-bond acceptors (Lipinski definition) is 6. The van der Waals surface area contributed by atoms with Gasteiger partial charge in [-0.1, -0.05) is 18.2 Å². The van der Waals surface area contributed by atoms with Gasteiger partial charge in [0.05, 0.1) is 12.2 Å². The zero-order chi connectivity index (χ0) is 21.3. The molecule has 2 heterocycles. The summed E-state index contributed by atoms with van der Waals surface area (Å²) in [4.78, 5) is 26.9. The second kappa shape index (κ2) is 7.58. The Hall–Kier alpha value is -3.75. The van der Waals surface area contributed by atoms with Gasteiger partial charge in [-0.3, -0.25) is 9.69 Å². The lowest BCUT2D eigenvalue weighted by atomic mass is 9.91. The number of nitrogens with one attached hydrogen (secondary N) is 1. The van der Waals surface area contributed by atoms with Crippen LogP contribution in [0.25, 0.3) is 5.69 Å². The molecule has 1 N–H and O–H groups in total. The van der Waals surface area contributed by atoms with Crippen LogP contribution in [-0.2, 0) is 10.3 Å². The number of benzene rings is 2. The molecular weight excluding hydrogens is 384 g/mol. The second-order valence-electron chi connectivity index (χ2n) is 7.49. The molecule has 154 valence electrons. The molecule has 30 heavy (non-hydrogen) atoms. The van der Waals surface area contributed by atoms with E-state index in [9.17, 15) is 9.59 Å². The lowest BCUT2D eigenvalue weighted by Gasteiger charge is -2.23. The molecule has 1 fully saturated rings. The molecule has 2 aromatic carbocycles. The number of imide groups is 1. The van der Waals surface area contributed by atoms with Gasteiger partial charge in [-0.05, 0) is 72.2 Å². The number of hydrogen-bond donors (Lipinski definition) is 1. The van der Waals surface area contributed by atoms with Gasteiger partial charge >= 0.3 is 6.03 Å². The highest BCUT2D eigenvalue weighted by Gasteiger charge is 2.48. The largest absolute Gasteiger partial charge is 0.492 e. The molecule has 1 aromatic heterocycles. The van der Waals surface area contributed by atoms with Crippen LogP contribution in [0.1, 0.15) is 23.6 Å². The number of carbonyl (C=O) groups excluding carboxylic acids is 2. The van der Waals surface area contributed by atoms with Crippen LogP contribution in [-0.4, -0.2) is 50.2 Å². The maximum atomic E-state index is 13.1. The molecule has 1 atom stereocenters. The zero-order valence-corrected chi connectivity index (χ0v) is 17.0. The maximum Gasteiger partial charge on any atom is 0.325 e. The molecule has 4 rings (SSSR count). The summed E-state index contributed by atoms with van der Waals surface area (Å²) in [5.41, 5.74) is 2.34. The van der Waals surface area contributed by atoms with E-state index in [1.165, 1.54) is 15.9 Å². The summed E-state index contributed by atoms with van der Waals surface area (Å²) in [5.74, 6) is 0.391. The minimum atomic E-state index is -1.18. The first kappa shape index (κ1) is 19.6. The lowest BCUT2D eigenvalue weighted by Crippen LogP contribution is -2.41. The Morgan fingerprint density at radius 3 is 2.57 bits per heavy atom. The standard InChI is InChI=1S/C21H22N6O3/c1-14-9-15(2)11-18(10-14)30-8-7-26-19(28)21(3,23-20(26)29)16-5-4-6-17(12-16)27-13-22-24-25-27/h4-6,9-13H,7-8H2,1-3H3,(H,23,29). The first-order valence-electron chi connectivity index (χ1n) is 9.56. The Kier molecular flexibility index (Phi) is 4.94. The van der Waals surface area contributed by atoms with Crippen molar-refractivity contribution in [2.75, 3.05) is 13.2 Å². The first-order valence-corrected chi connectivity index (χ1v) is 9.56. The molecule has 9 nitrogen and oxygen atoms in total. The van der Waals surface area contributed by atoms with Crippen LogP contribution >= 0.6 is 0 Å². The predicted octanol–water partition coefficient (Wildman–Crippen LogP) is 2.13. The summed E-state index contributed by atoms with van der Waals surface area (Å²) in [6, 6.07) is 12.6. The average Bonchev–Trinajstić information content (AvgIpc) is 3.31. The molecule has 1 aliphatic heterocycles. The predicted molar refractivity (Wildman–Crippen MR) is 108 cm³/mol. The van der Waals surface area contributed by atoms with Crippen LogP contribution in [0.5, 0.6) is 5.75 Å². The topological polar surface area (TPSA) is 102 Å². The number of carbonyl (C=O) groups is 2. The van der Waals surface area contributed by atoms with Crippen molar-refractivity contribution >= 4 is 11.9 Å². The third-order valence-corrected chi connectivity index (χ3v) is 5.09. The van der Waals surface area contributed by atoms with Gasteiger partial charge in [0, 0.05) is 0 Å². The highest BCUT2D eigenvalue weighted by atomic mass is 16.5. The quantitative estimate of drug-likeness (QED) is 0.629. The van der Waals surface area contributed by atoms with Crippen molar-refractivity contribution in [3.05, 3.63) is 65.5 Å². The normalized spacial score (nSPS) is 18.6. The van der Waals surface area contributed by atoms with E-state index in [-0.39, 0.29) is 19.1 Å². The van der Waals surface area contributed by atoms with Crippen LogP contribution < -0.4 is 10.1 Å². The van der Waals surface area contributed by atoms with Gasteiger partial charge in [-0.25, -0.2) is 9.48 Å². The Morgan fingerprint density at radius 1 is 1.10 bits per heavy atom. The minimum Gasteiger partial charge on any atom is -0.492 e. The van der Waals surface area contributed by atoms with E-state index in [0.29, 0.717) is 11.3 Å². The monoisotopic (exact) mass is 406 g/mol. The SMILES string of the molecule is Cc1cc(C)cc(OCCN2C(=O)NC(C)(c3cccc(-n4cnnn4)c3)C2=O)c1. The number of aryl methyl sites for hydroxylation is 2. The summed E-state index contributed by atoms with van der Waals surface area (Å²) in [6.07, 6.45) is 1.47. The van der Waals surface area contributed by atoms with Crippen molar-refractivity contribution in [2.45, 2.75) is 26.3 Å². The summed E-state index contributed by atoms with van der Waals surface area (Å²) in [5, 5.41) is 13.9. The fraction of sp³-hybridized carbons (Fsp3) is 0.286. The zero-order valence-electron chi connectivity index (χ0n) is 17.0. The van der Waals surface area contributed by atoms with E-state index in [4.69, 9.17) is 4.74 Å². The Morgan fingerprint density at radius 2 is 1.87 bits per heavy atom. The van der Waals surface area contributed by atoms with Gasteiger partial charge in [0.1, 0.15) is 24.2 Å². The van der Waals surface area contributed by atoms with E-state index >= 15 is 0 Å². The molecule has 0 bridgehead atoms. The van der Waals surface area contributed by atoms with E-state index in [2.05, 4.69) is 26.9 Å². The van der Waals surface area contributed by atoms with Gasteiger partial charge in [0.15, 0.2) is 0 Å². The smallest absolute Gasteiger partial charge is 0.325 e. The van der Waals surface area contributed by atoms with Crippen LogP contribution in [0.3, 0.4) is 0 Å². The van der Waals surface area contributed by atoms with Crippen molar-refractivity contribution in [3.63, 3.8) is 0 Å². The van der Waals surface area contributed by atoms with Crippen molar-refractivity contribution < 1.29 is 14.3 Å². The molecule has 9 heteroatoms. The molecule has 0 spiro atoms. The van der Waals surface area contributed by atoms with Crippen LogP contribution in [0.15, 0.2) is 48.8 Å². The second-order valence-corrected chi connectivity index (χ2v) is 7.49. The molecule has 3 amide bonds. The third kappa shape index (κ3) is 3.61. The summed E-state index contributed by atoms with van der Waals surface area (Å²) < 4.78 is 7.26. The van der Waals surface area contributed by atoms with Crippen molar-refractivity contribution in [1.29, 1.82) is 0 Å². The van der Waals surface area contributed by atoms with Crippen LogP contribution in [0, 0.1) is 13.8 Å². The van der Waals surface area contributed by atoms with Gasteiger partial charge in [-0.15, -0.1) is 5.10 Å². The maximum absolute atomic E-state index is 13.1. The molecule has 0 radical (unpaired) electrons. The fourth-order valence-electron chi connectivity index (χ4n) is 3.61. The number of nitrogens with zero attached hydrogens (tertiary/aromatic N) is 5. The van der Waals surface area contributed by atoms with Gasteiger partial charge in [0.25, 0.3) is 5.91 Å². The minimum absolute atomic E-state index is 0.153. The number of urea groups is 1. The molecule has 1 unspecified atom stereocenters. The highest BCUT2D eigenvalue weighted by molar-refractivity contribution is 6.07. The fourth-order valence-corrected chi connectivity index (χ4v) is 3.61. The van der Waals surface area contributed by atoms with E-state index in [1.54, 1.807) is 25.1 Å². The number of rotatable bonds is 6. The Balaban J connectivity index is 1.48. The molecule has 1 aliphatic rings. The van der Waals surface area contributed by atoms with E-state index < -0.39 is 11.6 Å². The van der Waals surface area contributed by atoms with Crippen molar-refractivity contribution in [2.24, 2.45) is 0 Å². The van der Waals surface area contributed by atoms with Crippen LogP contribution in [0.2, 0.25) is 0 Å². The summed E-state index contributed by atoms with van der Waals surface area (Å²) in [6.45, 7) is 6.04. The third-order valence-electron chi connectivity index (χ3n) is 5.09. The molecular formula is C21H22N6O3. The van der Waals surface area contributed by atoms with E-state index in [1.807, 2.05) is 32.0 Å². The molecule has 1 saturated heterocycles. The molecule has 3 aromatic rings. The molecule has 0 saturated carbocycles. The Labute approximate surface area is 173 Å². The van der Waals surface area contributed by atoms with Crippen molar-refractivity contribution in [1.82, 2.24) is 30.4 Å². The van der Waals surface area contributed by atoms with Crippen LogP contribution in [0.4, 0.5) is 4.79 Å². The summed E-state index contributed by atoms with van der Waals surface area (Å²) in [7, 11) is 0.